The molecule has 7 nitrogen and oxygen atoms in total. The van der Waals surface area contributed by atoms with Gasteiger partial charge in [-0.05, 0) is 61.2 Å². The summed E-state index contributed by atoms with van der Waals surface area (Å²) in [5, 5.41) is 2.84. The van der Waals surface area contributed by atoms with E-state index in [0.29, 0.717) is 37.6 Å². The maximum Gasteiger partial charge on any atom is 0.248 e. The van der Waals surface area contributed by atoms with Gasteiger partial charge in [-0.15, -0.1) is 0 Å². The summed E-state index contributed by atoms with van der Waals surface area (Å²) in [5.41, 5.74) is 1.80. The zero-order valence-corrected chi connectivity index (χ0v) is 19.2. The van der Waals surface area contributed by atoms with Crippen molar-refractivity contribution in [1.82, 2.24) is 4.31 Å². The molecule has 0 aromatic heterocycles. The normalized spacial score (nSPS) is 17.9. The molecule has 33 heavy (non-hydrogen) atoms. The van der Waals surface area contributed by atoms with Crippen LogP contribution in [0, 0.1) is 5.82 Å². The maximum absolute atomic E-state index is 13.4. The molecule has 2 heterocycles. The van der Waals surface area contributed by atoms with Gasteiger partial charge in [0.1, 0.15) is 5.82 Å². The lowest BCUT2D eigenvalue weighted by atomic mass is 10.1. The van der Waals surface area contributed by atoms with E-state index in [9.17, 15) is 17.6 Å². The van der Waals surface area contributed by atoms with E-state index >= 15 is 0 Å². The molecule has 2 aliphatic rings. The van der Waals surface area contributed by atoms with E-state index in [2.05, 4.69) is 10.2 Å². The van der Waals surface area contributed by atoms with Gasteiger partial charge in [0.2, 0.25) is 15.9 Å². The van der Waals surface area contributed by atoms with Gasteiger partial charge in [0, 0.05) is 32.3 Å². The van der Waals surface area contributed by atoms with Gasteiger partial charge in [0.25, 0.3) is 0 Å². The van der Waals surface area contributed by atoms with Gasteiger partial charge >= 0.3 is 0 Å². The lowest BCUT2D eigenvalue weighted by Gasteiger charge is -2.31. The predicted octanol–water partition coefficient (Wildman–Crippen LogP) is 3.49. The number of carbonyl (C=O) groups is 1. The molecule has 2 fully saturated rings. The third-order valence-electron chi connectivity index (χ3n) is 5.81. The van der Waals surface area contributed by atoms with Gasteiger partial charge < -0.3 is 15.0 Å². The van der Waals surface area contributed by atoms with Crippen molar-refractivity contribution >= 4 is 33.4 Å². The highest BCUT2D eigenvalue weighted by Crippen LogP contribution is 2.32. The number of sulfonamides is 1. The zero-order chi connectivity index (χ0) is 23.3. The number of halogens is 1. The highest BCUT2D eigenvalue weighted by Gasteiger charge is 2.28. The highest BCUT2D eigenvalue weighted by molar-refractivity contribution is 7.89. The quantitative estimate of drug-likeness (QED) is 0.650. The first-order chi connectivity index (χ1) is 15.9. The second-order valence-electron chi connectivity index (χ2n) is 8.12. The molecule has 0 spiro atoms. The Balaban J connectivity index is 1.61. The van der Waals surface area contributed by atoms with E-state index in [-0.39, 0.29) is 10.7 Å². The Bertz CT molecular complexity index is 1120. The van der Waals surface area contributed by atoms with Crippen molar-refractivity contribution in [3.63, 3.8) is 0 Å². The van der Waals surface area contributed by atoms with Crippen molar-refractivity contribution in [2.45, 2.75) is 24.2 Å². The first-order valence-electron chi connectivity index (χ1n) is 11.1. The fraction of sp³-hybridized carbons (Fsp3) is 0.375. The predicted molar refractivity (Wildman–Crippen MR) is 126 cm³/mol. The van der Waals surface area contributed by atoms with E-state index in [4.69, 9.17) is 4.74 Å². The number of nitrogens with zero attached hydrogens (tertiary/aromatic N) is 2. The summed E-state index contributed by atoms with van der Waals surface area (Å²) in [6.45, 7) is 3.01. The molecule has 2 aliphatic heterocycles. The molecule has 2 aromatic rings. The van der Waals surface area contributed by atoms with E-state index < -0.39 is 15.9 Å². The van der Waals surface area contributed by atoms with Crippen LogP contribution < -0.4 is 10.2 Å². The van der Waals surface area contributed by atoms with Gasteiger partial charge in [-0.1, -0.05) is 12.1 Å². The van der Waals surface area contributed by atoms with E-state index in [1.807, 2.05) is 0 Å². The zero-order valence-electron chi connectivity index (χ0n) is 18.4. The number of hydrogen-bond acceptors (Lipinski definition) is 5. The van der Waals surface area contributed by atoms with Crippen molar-refractivity contribution in [3.8, 4) is 0 Å². The minimum atomic E-state index is -3.70. The minimum Gasteiger partial charge on any atom is -0.379 e. The van der Waals surface area contributed by atoms with Crippen molar-refractivity contribution in [2.24, 2.45) is 0 Å². The summed E-state index contributed by atoms with van der Waals surface area (Å²) in [7, 11) is -3.70. The number of nitrogens with one attached hydrogen (secondary N) is 1. The molecule has 1 N–H and O–H groups in total. The fourth-order valence-corrected chi connectivity index (χ4v) is 5.51. The summed E-state index contributed by atoms with van der Waals surface area (Å²) in [6.07, 6.45) is 6.07. The maximum atomic E-state index is 13.4. The van der Waals surface area contributed by atoms with Crippen LogP contribution in [0.2, 0.25) is 0 Å². The standard InChI is InChI=1S/C24H28FN3O4S/c25-20-6-4-5-19(17-20)7-10-24(29)26-22-18-21(33(30,31)28-13-15-32-16-14-28)8-9-23(22)27-11-2-1-3-12-27/h4-10,17-18H,1-3,11-16H2,(H,26,29). The molecule has 4 rings (SSSR count). The van der Waals surface area contributed by atoms with Crippen LogP contribution in [-0.4, -0.2) is 58.0 Å². The van der Waals surface area contributed by atoms with Crippen LogP contribution in [0.4, 0.5) is 15.8 Å². The SMILES string of the molecule is O=C(C=Cc1cccc(F)c1)Nc1cc(S(=O)(=O)N2CCOCC2)ccc1N1CCCCC1. The Morgan fingerprint density at radius 2 is 1.76 bits per heavy atom. The number of benzene rings is 2. The lowest BCUT2D eigenvalue weighted by molar-refractivity contribution is -0.111. The van der Waals surface area contributed by atoms with Gasteiger partial charge in [-0.25, -0.2) is 12.8 Å². The first kappa shape index (κ1) is 23.4. The van der Waals surface area contributed by atoms with Crippen LogP contribution >= 0.6 is 0 Å². The third kappa shape index (κ3) is 5.79. The Labute approximate surface area is 193 Å². The second kappa shape index (κ2) is 10.5. The smallest absolute Gasteiger partial charge is 0.248 e. The van der Waals surface area contributed by atoms with Gasteiger partial charge in [0.15, 0.2) is 0 Å². The van der Waals surface area contributed by atoms with Crippen molar-refractivity contribution in [3.05, 3.63) is 59.9 Å². The molecule has 9 heteroatoms. The molecule has 1 amide bonds. The summed E-state index contributed by atoms with van der Waals surface area (Å²) < 4.78 is 46.4. The number of hydrogen-bond donors (Lipinski definition) is 1. The number of morpholine rings is 1. The van der Waals surface area contributed by atoms with Crippen LogP contribution in [0.3, 0.4) is 0 Å². The minimum absolute atomic E-state index is 0.134. The topological polar surface area (TPSA) is 79.0 Å². The van der Waals surface area contributed by atoms with Gasteiger partial charge in [0.05, 0.1) is 29.5 Å². The molecule has 176 valence electrons. The Morgan fingerprint density at radius 1 is 1.00 bits per heavy atom. The molecule has 0 radical (unpaired) electrons. The Morgan fingerprint density at radius 3 is 2.48 bits per heavy atom. The lowest BCUT2D eigenvalue weighted by Crippen LogP contribution is -2.40. The third-order valence-corrected chi connectivity index (χ3v) is 7.70. The summed E-state index contributed by atoms with van der Waals surface area (Å²) in [4.78, 5) is 15.0. The number of rotatable bonds is 6. The number of ether oxygens (including phenoxy) is 1. The van der Waals surface area contributed by atoms with Crippen molar-refractivity contribution in [1.29, 1.82) is 0 Å². The average Bonchev–Trinajstić information content (AvgIpc) is 2.84. The van der Waals surface area contributed by atoms with Crippen LogP contribution in [0.25, 0.3) is 6.08 Å². The average molecular weight is 474 g/mol. The van der Waals surface area contributed by atoms with Crippen LogP contribution in [0.15, 0.2) is 53.4 Å². The van der Waals surface area contributed by atoms with Gasteiger partial charge in [-0.3, -0.25) is 4.79 Å². The van der Waals surface area contributed by atoms with Crippen LogP contribution in [0.5, 0.6) is 0 Å². The van der Waals surface area contributed by atoms with E-state index in [1.165, 1.54) is 34.7 Å². The summed E-state index contributed by atoms with van der Waals surface area (Å²) in [6, 6.07) is 10.8. The van der Waals surface area contributed by atoms with Crippen molar-refractivity contribution in [2.75, 3.05) is 49.6 Å². The summed E-state index contributed by atoms with van der Waals surface area (Å²) >= 11 is 0. The molecular weight excluding hydrogens is 445 g/mol. The number of carbonyl (C=O) groups excluding carboxylic acids is 1. The highest BCUT2D eigenvalue weighted by atomic mass is 32.2. The largest absolute Gasteiger partial charge is 0.379 e. The molecule has 0 unspecified atom stereocenters. The molecule has 0 atom stereocenters. The molecule has 0 aliphatic carbocycles. The number of anilines is 2. The molecule has 0 saturated carbocycles. The van der Waals surface area contributed by atoms with Crippen LogP contribution in [-0.2, 0) is 19.6 Å². The van der Waals surface area contributed by atoms with E-state index in [0.717, 1.165) is 38.0 Å². The van der Waals surface area contributed by atoms with Crippen LogP contribution in [0.1, 0.15) is 24.8 Å². The van der Waals surface area contributed by atoms with E-state index in [1.54, 1.807) is 24.3 Å². The number of piperidine rings is 1. The fourth-order valence-electron chi connectivity index (χ4n) is 4.08. The molecular formula is C24H28FN3O4S. The monoisotopic (exact) mass is 473 g/mol. The van der Waals surface area contributed by atoms with Crippen molar-refractivity contribution < 1.29 is 22.3 Å². The van der Waals surface area contributed by atoms with Gasteiger partial charge in [-0.2, -0.15) is 4.31 Å². The molecule has 2 saturated heterocycles. The Kier molecular flexibility index (Phi) is 7.42. The summed E-state index contributed by atoms with van der Waals surface area (Å²) in [5.74, 6) is -0.801. The molecule has 0 bridgehead atoms. The molecule has 2 aromatic carbocycles. The first-order valence-corrected chi connectivity index (χ1v) is 12.6. The Hall–Kier alpha value is -2.75. The number of amides is 1. The second-order valence-corrected chi connectivity index (χ2v) is 10.1.